The van der Waals surface area contributed by atoms with Crippen LogP contribution in [0.3, 0.4) is 0 Å². The second kappa shape index (κ2) is 3.72. The lowest BCUT2D eigenvalue weighted by Gasteiger charge is -2.56. The molecule has 0 radical (unpaired) electrons. The van der Waals surface area contributed by atoms with Gasteiger partial charge in [0.05, 0.1) is 5.70 Å². The highest BCUT2D eigenvalue weighted by atomic mass is 15.0. The van der Waals surface area contributed by atoms with Crippen molar-refractivity contribution in [1.29, 1.82) is 0 Å². The summed E-state index contributed by atoms with van der Waals surface area (Å²) in [5.74, 6) is 3.02. The Morgan fingerprint density at radius 3 is 2.22 bits per heavy atom. The third kappa shape index (κ3) is 1.73. The summed E-state index contributed by atoms with van der Waals surface area (Å²) in [6.45, 7) is 2.06. The van der Waals surface area contributed by atoms with E-state index in [1.807, 2.05) is 0 Å². The normalized spacial score (nSPS) is 46.8. The van der Waals surface area contributed by atoms with Crippen LogP contribution in [0.25, 0.3) is 0 Å². The van der Waals surface area contributed by atoms with E-state index in [9.17, 15) is 0 Å². The Balaban J connectivity index is 1.53. The molecule has 4 bridgehead atoms. The molecular weight excluding hydrogens is 220 g/mol. The van der Waals surface area contributed by atoms with Gasteiger partial charge < -0.3 is 5.32 Å². The zero-order valence-electron chi connectivity index (χ0n) is 11.2. The van der Waals surface area contributed by atoms with E-state index in [1.165, 1.54) is 38.5 Å². The molecule has 96 valence electrons. The van der Waals surface area contributed by atoms with Crippen LogP contribution in [0.5, 0.6) is 0 Å². The summed E-state index contributed by atoms with van der Waals surface area (Å²) < 4.78 is 0. The minimum absolute atomic E-state index is 0.418. The molecule has 5 rings (SSSR count). The summed E-state index contributed by atoms with van der Waals surface area (Å²) in [5.41, 5.74) is 2.64. The monoisotopic (exact) mass is 242 g/mol. The number of hydrogen-bond acceptors (Lipinski definition) is 2. The van der Waals surface area contributed by atoms with Gasteiger partial charge in [0.2, 0.25) is 0 Å². The number of nitrogens with zero attached hydrogens (tertiary/aromatic N) is 1. The van der Waals surface area contributed by atoms with Crippen molar-refractivity contribution in [1.82, 2.24) is 5.32 Å². The van der Waals surface area contributed by atoms with Gasteiger partial charge in [0.1, 0.15) is 0 Å². The maximum absolute atomic E-state index is 4.51. The van der Waals surface area contributed by atoms with Crippen LogP contribution in [0, 0.1) is 17.8 Å². The molecule has 0 unspecified atom stereocenters. The van der Waals surface area contributed by atoms with Crippen LogP contribution >= 0.6 is 0 Å². The van der Waals surface area contributed by atoms with Crippen molar-refractivity contribution >= 4 is 5.71 Å². The summed E-state index contributed by atoms with van der Waals surface area (Å²) in [7, 11) is 0. The van der Waals surface area contributed by atoms with Gasteiger partial charge in [-0.05, 0) is 75.4 Å². The Morgan fingerprint density at radius 2 is 1.72 bits per heavy atom. The molecular formula is C16H22N2. The summed E-state index contributed by atoms with van der Waals surface area (Å²) >= 11 is 0. The van der Waals surface area contributed by atoms with E-state index in [1.54, 1.807) is 0 Å². The highest BCUT2D eigenvalue weighted by Crippen LogP contribution is 2.55. The van der Waals surface area contributed by atoms with E-state index in [0.717, 1.165) is 29.2 Å². The predicted octanol–water partition coefficient (Wildman–Crippen LogP) is 3.42. The topological polar surface area (TPSA) is 24.4 Å². The first-order valence-electron chi connectivity index (χ1n) is 7.42. The Labute approximate surface area is 109 Å². The quantitative estimate of drug-likeness (QED) is 0.788. The number of rotatable bonds is 2. The van der Waals surface area contributed by atoms with E-state index in [4.69, 9.17) is 0 Å². The average Bonchev–Trinajstić information content (AvgIpc) is 2.71. The van der Waals surface area contributed by atoms with Crippen LogP contribution < -0.4 is 5.32 Å². The Kier molecular flexibility index (Phi) is 2.24. The largest absolute Gasteiger partial charge is 0.384 e. The standard InChI is InChI=1S/C16H22N2/c1-11-2-3-15(18-11)10-17-16-7-12-4-13(8-16)6-14(5-12)9-16/h2-3,10,12-14,17H,4-9H2,1H3/b15-10-. The van der Waals surface area contributed by atoms with E-state index < -0.39 is 0 Å². The van der Waals surface area contributed by atoms with Gasteiger partial charge in [0.25, 0.3) is 0 Å². The van der Waals surface area contributed by atoms with Crippen molar-refractivity contribution in [3.05, 3.63) is 24.0 Å². The Bertz CT molecular complexity index is 420. The fourth-order valence-electron chi connectivity index (χ4n) is 5.08. The van der Waals surface area contributed by atoms with Crippen LogP contribution in [0.1, 0.15) is 45.4 Å². The summed E-state index contributed by atoms with van der Waals surface area (Å²) in [5, 5.41) is 3.77. The molecule has 18 heavy (non-hydrogen) atoms. The Morgan fingerprint density at radius 1 is 1.11 bits per heavy atom. The van der Waals surface area contributed by atoms with Crippen molar-refractivity contribution in [3.63, 3.8) is 0 Å². The molecule has 4 fully saturated rings. The number of hydrogen-bond donors (Lipinski definition) is 1. The van der Waals surface area contributed by atoms with Gasteiger partial charge in [0, 0.05) is 17.5 Å². The second-order valence-corrected chi connectivity index (χ2v) is 7.00. The lowest BCUT2D eigenvalue weighted by atomic mass is 9.53. The first-order valence-corrected chi connectivity index (χ1v) is 7.42. The van der Waals surface area contributed by atoms with Crippen LogP contribution in [0.15, 0.2) is 29.0 Å². The maximum Gasteiger partial charge on any atom is 0.0790 e. The first-order chi connectivity index (χ1) is 8.71. The number of nitrogens with one attached hydrogen (secondary N) is 1. The summed E-state index contributed by atoms with van der Waals surface area (Å²) in [6.07, 6.45) is 15.1. The smallest absolute Gasteiger partial charge is 0.0790 e. The molecule has 4 aliphatic carbocycles. The van der Waals surface area contributed by atoms with E-state index in [2.05, 4.69) is 35.6 Å². The summed E-state index contributed by atoms with van der Waals surface area (Å²) in [6, 6.07) is 0. The molecule has 0 aromatic rings. The molecule has 4 saturated carbocycles. The van der Waals surface area contributed by atoms with E-state index >= 15 is 0 Å². The number of allylic oxidation sites excluding steroid dienone is 2. The number of aliphatic imine (C=N–C) groups is 1. The molecule has 2 heteroatoms. The first kappa shape index (κ1) is 10.8. The predicted molar refractivity (Wildman–Crippen MR) is 74.4 cm³/mol. The van der Waals surface area contributed by atoms with Crippen molar-refractivity contribution in [2.24, 2.45) is 22.7 Å². The zero-order chi connectivity index (χ0) is 12.2. The van der Waals surface area contributed by atoms with E-state index in [-0.39, 0.29) is 0 Å². The lowest BCUT2D eigenvalue weighted by Crippen LogP contribution is -2.56. The summed E-state index contributed by atoms with van der Waals surface area (Å²) in [4.78, 5) is 4.51. The highest BCUT2D eigenvalue weighted by Gasteiger charge is 2.50. The molecule has 1 N–H and O–H groups in total. The highest BCUT2D eigenvalue weighted by molar-refractivity contribution is 5.96. The van der Waals surface area contributed by atoms with Gasteiger partial charge in [0.15, 0.2) is 0 Å². The van der Waals surface area contributed by atoms with E-state index in [0.29, 0.717) is 5.54 Å². The fraction of sp³-hybridized carbons (Fsp3) is 0.688. The SMILES string of the molecule is CC1=N/C(=C\NC23CC4CC(CC(C4)C2)C3)C=C1. The average molecular weight is 242 g/mol. The van der Waals surface area contributed by atoms with Gasteiger partial charge in [-0.1, -0.05) is 0 Å². The molecule has 5 aliphatic rings. The second-order valence-electron chi connectivity index (χ2n) is 7.00. The maximum atomic E-state index is 4.51. The van der Waals surface area contributed by atoms with Crippen LogP contribution in [-0.4, -0.2) is 11.3 Å². The molecule has 0 aromatic carbocycles. The van der Waals surface area contributed by atoms with Gasteiger partial charge >= 0.3 is 0 Å². The van der Waals surface area contributed by atoms with Gasteiger partial charge in [-0.2, -0.15) is 0 Å². The van der Waals surface area contributed by atoms with Gasteiger partial charge in [-0.15, -0.1) is 0 Å². The Hall–Kier alpha value is -1.05. The molecule has 0 spiro atoms. The van der Waals surface area contributed by atoms with Crippen LogP contribution in [0.2, 0.25) is 0 Å². The molecule has 0 saturated heterocycles. The lowest BCUT2D eigenvalue weighted by molar-refractivity contribution is -0.0130. The minimum Gasteiger partial charge on any atom is -0.384 e. The van der Waals surface area contributed by atoms with Crippen molar-refractivity contribution in [2.45, 2.75) is 51.0 Å². The van der Waals surface area contributed by atoms with Crippen LogP contribution in [-0.2, 0) is 0 Å². The molecule has 1 aliphatic heterocycles. The zero-order valence-corrected chi connectivity index (χ0v) is 11.2. The van der Waals surface area contributed by atoms with Crippen molar-refractivity contribution in [2.75, 3.05) is 0 Å². The molecule has 0 aromatic heterocycles. The van der Waals surface area contributed by atoms with Crippen LogP contribution in [0.4, 0.5) is 0 Å². The van der Waals surface area contributed by atoms with Crippen molar-refractivity contribution in [3.8, 4) is 0 Å². The van der Waals surface area contributed by atoms with Gasteiger partial charge in [-0.25, -0.2) is 0 Å². The van der Waals surface area contributed by atoms with Crippen molar-refractivity contribution < 1.29 is 0 Å². The molecule has 0 amide bonds. The third-order valence-corrected chi connectivity index (χ3v) is 5.37. The van der Waals surface area contributed by atoms with Gasteiger partial charge in [-0.3, -0.25) is 4.99 Å². The third-order valence-electron chi connectivity index (χ3n) is 5.37. The molecule has 1 heterocycles. The minimum atomic E-state index is 0.418. The molecule has 0 atom stereocenters. The molecule has 2 nitrogen and oxygen atoms in total. The fourth-order valence-corrected chi connectivity index (χ4v) is 5.08.